The average Bonchev–Trinajstić information content (AvgIpc) is 2.06. The van der Waals surface area contributed by atoms with Gasteiger partial charge < -0.3 is 0 Å². The summed E-state index contributed by atoms with van der Waals surface area (Å²) in [4.78, 5) is 4.07. The highest BCUT2D eigenvalue weighted by molar-refractivity contribution is 5.76. The highest BCUT2D eigenvalue weighted by Gasteiger charge is 1.96. The van der Waals surface area contributed by atoms with Gasteiger partial charge in [-0.3, -0.25) is 0 Å². The number of nitrogens with zero attached hydrogens (tertiary/aromatic N) is 3. The molecule has 2 heterocycles. The Hall–Kier alpha value is -1.51. The topological polar surface area (TPSA) is 38.7 Å². The van der Waals surface area contributed by atoms with Crippen molar-refractivity contribution < 1.29 is 0 Å². The van der Waals surface area contributed by atoms with Crippen molar-refractivity contribution in [1.29, 1.82) is 0 Å². The largest absolute Gasteiger partial charge is 0.235 e. The molecular weight excluding hydrogens is 138 g/mol. The van der Waals surface area contributed by atoms with Crippen LogP contribution >= 0.6 is 0 Å². The predicted octanol–water partition coefficient (Wildman–Crippen LogP) is 1.33. The van der Waals surface area contributed by atoms with Gasteiger partial charge in [0, 0.05) is 11.6 Å². The zero-order valence-electron chi connectivity index (χ0n) is 6.15. The highest BCUT2D eigenvalue weighted by Crippen LogP contribution is 2.10. The fourth-order valence-corrected chi connectivity index (χ4v) is 1.02. The maximum atomic E-state index is 4.07. The third-order valence-electron chi connectivity index (χ3n) is 1.62. The lowest BCUT2D eigenvalue weighted by Crippen LogP contribution is -1.88. The van der Waals surface area contributed by atoms with Gasteiger partial charge >= 0.3 is 0 Å². The quantitative estimate of drug-likeness (QED) is 0.561. The number of aromatic nitrogens is 3. The summed E-state index contributed by atoms with van der Waals surface area (Å²) < 4.78 is 0. The SMILES string of the molecule is Cc1cnnc2ncccc12. The van der Waals surface area contributed by atoms with E-state index in [1.807, 2.05) is 19.1 Å². The van der Waals surface area contributed by atoms with E-state index in [1.165, 1.54) is 0 Å². The van der Waals surface area contributed by atoms with Gasteiger partial charge in [0.25, 0.3) is 0 Å². The van der Waals surface area contributed by atoms with E-state index >= 15 is 0 Å². The lowest BCUT2D eigenvalue weighted by Gasteiger charge is -1.95. The number of pyridine rings is 1. The molecule has 0 N–H and O–H groups in total. The summed E-state index contributed by atoms with van der Waals surface area (Å²) in [7, 11) is 0. The van der Waals surface area contributed by atoms with Crippen molar-refractivity contribution in [3.63, 3.8) is 0 Å². The van der Waals surface area contributed by atoms with Crippen molar-refractivity contribution in [3.8, 4) is 0 Å². The van der Waals surface area contributed by atoms with Crippen LogP contribution in [0.5, 0.6) is 0 Å². The standard InChI is InChI=1S/C8H7N3/c1-6-5-10-11-8-7(6)3-2-4-9-8/h2-5H,1H3. The van der Waals surface area contributed by atoms with Gasteiger partial charge in [-0.1, -0.05) is 0 Å². The molecule has 0 radical (unpaired) electrons. The van der Waals surface area contributed by atoms with E-state index in [2.05, 4.69) is 15.2 Å². The zero-order valence-corrected chi connectivity index (χ0v) is 6.15. The minimum Gasteiger partial charge on any atom is -0.235 e. The minimum atomic E-state index is 0.715. The molecule has 0 aliphatic heterocycles. The van der Waals surface area contributed by atoms with Crippen molar-refractivity contribution >= 4 is 11.0 Å². The zero-order chi connectivity index (χ0) is 7.68. The smallest absolute Gasteiger partial charge is 0.181 e. The molecule has 2 aromatic heterocycles. The molecule has 0 saturated heterocycles. The number of hydrogen-bond donors (Lipinski definition) is 0. The molecule has 0 unspecified atom stereocenters. The third-order valence-corrected chi connectivity index (χ3v) is 1.62. The Morgan fingerprint density at radius 1 is 1.36 bits per heavy atom. The molecule has 3 nitrogen and oxygen atoms in total. The second-order valence-electron chi connectivity index (χ2n) is 2.40. The van der Waals surface area contributed by atoms with Gasteiger partial charge in [0.2, 0.25) is 0 Å². The first kappa shape index (κ1) is 6.22. The van der Waals surface area contributed by atoms with Gasteiger partial charge in [-0.25, -0.2) is 4.98 Å². The van der Waals surface area contributed by atoms with E-state index in [0.29, 0.717) is 5.65 Å². The van der Waals surface area contributed by atoms with E-state index in [1.54, 1.807) is 12.4 Å². The van der Waals surface area contributed by atoms with E-state index in [9.17, 15) is 0 Å². The molecule has 0 atom stereocenters. The number of rotatable bonds is 0. The van der Waals surface area contributed by atoms with Crippen LogP contribution in [0.2, 0.25) is 0 Å². The van der Waals surface area contributed by atoms with Crippen LogP contribution in [-0.4, -0.2) is 15.2 Å². The summed E-state index contributed by atoms with van der Waals surface area (Å²) in [5.74, 6) is 0. The average molecular weight is 145 g/mol. The van der Waals surface area contributed by atoms with Crippen LogP contribution in [0, 0.1) is 6.92 Å². The maximum Gasteiger partial charge on any atom is 0.181 e. The molecule has 11 heavy (non-hydrogen) atoms. The van der Waals surface area contributed by atoms with Gasteiger partial charge in [0.1, 0.15) is 0 Å². The summed E-state index contributed by atoms with van der Waals surface area (Å²) in [6, 6.07) is 3.89. The Morgan fingerprint density at radius 3 is 3.09 bits per heavy atom. The molecule has 0 saturated carbocycles. The van der Waals surface area contributed by atoms with Crippen LogP contribution in [0.25, 0.3) is 11.0 Å². The molecule has 0 aliphatic rings. The third kappa shape index (κ3) is 0.941. The molecule has 0 aromatic carbocycles. The van der Waals surface area contributed by atoms with Crippen LogP contribution in [0.4, 0.5) is 0 Å². The molecule has 54 valence electrons. The Bertz CT molecular complexity index is 378. The first-order chi connectivity index (χ1) is 5.38. The van der Waals surface area contributed by atoms with Gasteiger partial charge in [-0.2, -0.15) is 5.10 Å². The van der Waals surface area contributed by atoms with Crippen LogP contribution in [0.3, 0.4) is 0 Å². The van der Waals surface area contributed by atoms with Crippen LogP contribution in [0.1, 0.15) is 5.56 Å². The first-order valence-electron chi connectivity index (χ1n) is 3.41. The summed E-state index contributed by atoms with van der Waals surface area (Å²) >= 11 is 0. The highest BCUT2D eigenvalue weighted by atomic mass is 15.1. The van der Waals surface area contributed by atoms with Crippen LogP contribution < -0.4 is 0 Å². The molecule has 2 rings (SSSR count). The van der Waals surface area contributed by atoms with Gasteiger partial charge in [-0.15, -0.1) is 5.10 Å². The number of fused-ring (bicyclic) bond motifs is 1. The lowest BCUT2D eigenvalue weighted by molar-refractivity contribution is 1.04. The van der Waals surface area contributed by atoms with Gasteiger partial charge in [0.15, 0.2) is 5.65 Å². The van der Waals surface area contributed by atoms with Gasteiger partial charge in [-0.05, 0) is 24.6 Å². The minimum absolute atomic E-state index is 0.715. The Labute approximate surface area is 64.1 Å². The van der Waals surface area contributed by atoms with Crippen LogP contribution in [0.15, 0.2) is 24.5 Å². The van der Waals surface area contributed by atoms with Gasteiger partial charge in [0.05, 0.1) is 6.20 Å². The second kappa shape index (κ2) is 2.27. The molecule has 0 bridgehead atoms. The molecule has 0 spiro atoms. The summed E-state index contributed by atoms with van der Waals surface area (Å²) in [6.07, 6.45) is 3.46. The summed E-state index contributed by atoms with van der Waals surface area (Å²) in [5.41, 5.74) is 1.83. The Morgan fingerprint density at radius 2 is 2.27 bits per heavy atom. The molecule has 2 aromatic rings. The fraction of sp³-hybridized carbons (Fsp3) is 0.125. The van der Waals surface area contributed by atoms with Crippen molar-refractivity contribution in [1.82, 2.24) is 15.2 Å². The molecule has 3 heteroatoms. The van der Waals surface area contributed by atoms with Crippen molar-refractivity contribution in [3.05, 3.63) is 30.1 Å². The molecule has 0 aliphatic carbocycles. The van der Waals surface area contributed by atoms with E-state index in [4.69, 9.17) is 0 Å². The molecule has 0 fully saturated rings. The van der Waals surface area contributed by atoms with Crippen molar-refractivity contribution in [2.24, 2.45) is 0 Å². The fourth-order valence-electron chi connectivity index (χ4n) is 1.02. The normalized spacial score (nSPS) is 10.3. The van der Waals surface area contributed by atoms with Crippen molar-refractivity contribution in [2.45, 2.75) is 6.92 Å². The Kier molecular flexibility index (Phi) is 1.28. The summed E-state index contributed by atoms with van der Waals surface area (Å²) in [6.45, 7) is 2.00. The molecular formula is C8H7N3. The molecule has 0 amide bonds. The summed E-state index contributed by atoms with van der Waals surface area (Å²) in [5, 5.41) is 8.75. The van der Waals surface area contributed by atoms with Crippen LogP contribution in [-0.2, 0) is 0 Å². The number of aryl methyl sites for hydroxylation is 1. The Balaban J connectivity index is 2.91. The lowest BCUT2D eigenvalue weighted by atomic mass is 10.2. The number of hydrogen-bond acceptors (Lipinski definition) is 3. The maximum absolute atomic E-state index is 4.07. The monoisotopic (exact) mass is 145 g/mol. The predicted molar refractivity (Wildman–Crippen MR) is 42.1 cm³/mol. The van der Waals surface area contributed by atoms with Crippen molar-refractivity contribution in [2.75, 3.05) is 0 Å². The second-order valence-corrected chi connectivity index (χ2v) is 2.40. The van der Waals surface area contributed by atoms with E-state index < -0.39 is 0 Å². The van der Waals surface area contributed by atoms with E-state index in [-0.39, 0.29) is 0 Å². The van der Waals surface area contributed by atoms with E-state index in [0.717, 1.165) is 10.9 Å². The first-order valence-corrected chi connectivity index (χ1v) is 3.41.